The zero-order valence-electron chi connectivity index (χ0n) is 14.5. The van der Waals surface area contributed by atoms with Gasteiger partial charge in [-0.25, -0.2) is 9.59 Å². The molecule has 2 atom stereocenters. The molecule has 0 aromatic rings. The molecule has 23 heavy (non-hydrogen) atoms. The van der Waals surface area contributed by atoms with Gasteiger partial charge in [-0.2, -0.15) is 0 Å². The lowest BCUT2D eigenvalue weighted by Gasteiger charge is -2.35. The van der Waals surface area contributed by atoms with Gasteiger partial charge < -0.3 is 14.4 Å². The summed E-state index contributed by atoms with van der Waals surface area (Å²) in [4.78, 5) is 40.2. The molecule has 7 nitrogen and oxygen atoms in total. The summed E-state index contributed by atoms with van der Waals surface area (Å²) in [5.74, 6) is -0.629. The van der Waals surface area contributed by atoms with Gasteiger partial charge in [0.05, 0.1) is 7.11 Å². The first-order valence-corrected chi connectivity index (χ1v) is 8.02. The molecule has 2 fully saturated rings. The van der Waals surface area contributed by atoms with E-state index in [0.29, 0.717) is 25.9 Å². The Kier molecular flexibility index (Phi) is 4.59. The number of amides is 2. The molecule has 0 N–H and O–H groups in total. The van der Waals surface area contributed by atoms with E-state index in [-0.39, 0.29) is 5.91 Å². The van der Waals surface area contributed by atoms with E-state index in [4.69, 9.17) is 9.47 Å². The average molecular weight is 326 g/mol. The highest BCUT2D eigenvalue weighted by atomic mass is 16.6. The molecule has 2 rings (SSSR count). The number of methoxy groups -OCH3 is 1. The number of ether oxygens (including phenoxy) is 2. The third-order valence-electron chi connectivity index (χ3n) is 4.54. The van der Waals surface area contributed by atoms with Gasteiger partial charge in [-0.3, -0.25) is 9.69 Å². The minimum Gasteiger partial charge on any atom is -0.467 e. The van der Waals surface area contributed by atoms with Crippen LogP contribution in [-0.4, -0.2) is 65.2 Å². The molecule has 130 valence electrons. The number of hydrogen-bond donors (Lipinski definition) is 0. The van der Waals surface area contributed by atoms with Crippen molar-refractivity contribution in [2.45, 2.75) is 64.1 Å². The van der Waals surface area contributed by atoms with Gasteiger partial charge in [-0.1, -0.05) is 0 Å². The highest BCUT2D eigenvalue weighted by molar-refractivity contribution is 5.95. The maximum Gasteiger partial charge on any atom is 0.411 e. The first kappa shape index (κ1) is 17.6. The van der Waals surface area contributed by atoms with Crippen molar-refractivity contribution in [3.8, 4) is 0 Å². The Morgan fingerprint density at radius 1 is 1.22 bits per heavy atom. The molecule has 0 bridgehead atoms. The quantitative estimate of drug-likeness (QED) is 0.720. The van der Waals surface area contributed by atoms with Crippen LogP contribution >= 0.6 is 0 Å². The molecule has 0 aliphatic carbocycles. The minimum atomic E-state index is -0.870. The third kappa shape index (κ3) is 3.14. The van der Waals surface area contributed by atoms with Crippen molar-refractivity contribution in [1.82, 2.24) is 9.80 Å². The predicted molar refractivity (Wildman–Crippen MR) is 82.7 cm³/mol. The summed E-state index contributed by atoms with van der Waals surface area (Å²) >= 11 is 0. The monoisotopic (exact) mass is 326 g/mol. The second-order valence-electron chi connectivity index (χ2n) is 7.21. The lowest BCUT2D eigenvalue weighted by atomic mass is 9.94. The van der Waals surface area contributed by atoms with Crippen molar-refractivity contribution >= 4 is 18.0 Å². The van der Waals surface area contributed by atoms with Crippen LogP contribution in [0.15, 0.2) is 0 Å². The lowest BCUT2D eigenvalue weighted by molar-refractivity contribution is -0.152. The topological polar surface area (TPSA) is 76.2 Å². The fourth-order valence-electron chi connectivity index (χ4n) is 3.39. The normalized spacial score (nSPS) is 25.9. The summed E-state index contributed by atoms with van der Waals surface area (Å²) in [7, 11) is 1.30. The molecule has 2 heterocycles. The van der Waals surface area contributed by atoms with E-state index >= 15 is 0 Å². The Morgan fingerprint density at radius 2 is 1.87 bits per heavy atom. The van der Waals surface area contributed by atoms with E-state index in [9.17, 15) is 14.4 Å². The van der Waals surface area contributed by atoms with Gasteiger partial charge in [0.15, 0.2) is 0 Å². The Morgan fingerprint density at radius 3 is 2.43 bits per heavy atom. The second-order valence-corrected chi connectivity index (χ2v) is 7.21. The highest BCUT2D eigenvalue weighted by Crippen LogP contribution is 2.40. The molecule has 2 saturated heterocycles. The first-order chi connectivity index (χ1) is 10.6. The average Bonchev–Trinajstić information content (AvgIpc) is 3.02. The molecule has 0 aromatic heterocycles. The molecule has 0 saturated carbocycles. The van der Waals surface area contributed by atoms with Crippen LogP contribution in [0, 0.1) is 0 Å². The van der Waals surface area contributed by atoms with Crippen LogP contribution in [0.1, 0.15) is 47.0 Å². The van der Waals surface area contributed by atoms with Gasteiger partial charge in [0.25, 0.3) is 0 Å². The number of esters is 1. The SMILES string of the molecule is COC(=O)[C@H](C)N1CC[C@]2(CCCN2C(=O)OC(C)(C)C)C1=O. The highest BCUT2D eigenvalue weighted by Gasteiger charge is 2.57. The first-order valence-electron chi connectivity index (χ1n) is 8.02. The number of likely N-dealkylation sites (tertiary alicyclic amines) is 2. The fraction of sp³-hybridized carbons (Fsp3) is 0.812. The molecule has 2 aliphatic heterocycles. The van der Waals surface area contributed by atoms with Crippen molar-refractivity contribution in [3.05, 3.63) is 0 Å². The van der Waals surface area contributed by atoms with Crippen molar-refractivity contribution in [2.24, 2.45) is 0 Å². The molecule has 0 radical (unpaired) electrons. The van der Waals surface area contributed by atoms with Gasteiger partial charge in [-0.15, -0.1) is 0 Å². The summed E-state index contributed by atoms with van der Waals surface area (Å²) in [6.45, 7) is 7.99. The number of carbonyl (C=O) groups is 3. The molecule has 1 spiro atoms. The van der Waals surface area contributed by atoms with Gasteiger partial charge in [-0.05, 0) is 47.0 Å². The maximum atomic E-state index is 12.9. The van der Waals surface area contributed by atoms with Gasteiger partial charge in [0.1, 0.15) is 17.2 Å². The minimum absolute atomic E-state index is 0.182. The van der Waals surface area contributed by atoms with E-state index in [1.807, 2.05) is 0 Å². The van der Waals surface area contributed by atoms with Crippen LogP contribution in [0.5, 0.6) is 0 Å². The van der Waals surface area contributed by atoms with Crippen LogP contribution in [0.25, 0.3) is 0 Å². The van der Waals surface area contributed by atoms with Gasteiger partial charge in [0.2, 0.25) is 5.91 Å². The smallest absolute Gasteiger partial charge is 0.411 e. The molecular weight excluding hydrogens is 300 g/mol. The number of nitrogens with zero attached hydrogens (tertiary/aromatic N) is 2. The van der Waals surface area contributed by atoms with E-state index in [2.05, 4.69) is 0 Å². The standard InChI is InChI=1S/C16H26N2O5/c1-11(12(19)22-5)17-10-8-16(13(17)20)7-6-9-18(16)14(21)23-15(2,3)4/h11H,6-10H2,1-5H3/t11-,16+/m0/s1. The van der Waals surface area contributed by atoms with Gasteiger partial charge >= 0.3 is 12.1 Å². The molecule has 2 aliphatic rings. The van der Waals surface area contributed by atoms with Crippen LogP contribution in [-0.2, 0) is 19.1 Å². The van der Waals surface area contributed by atoms with Crippen LogP contribution in [0.3, 0.4) is 0 Å². The van der Waals surface area contributed by atoms with Crippen LogP contribution < -0.4 is 0 Å². The Balaban J connectivity index is 2.19. The summed E-state index contributed by atoms with van der Waals surface area (Å²) in [5.41, 5.74) is -1.48. The number of hydrogen-bond acceptors (Lipinski definition) is 5. The summed E-state index contributed by atoms with van der Waals surface area (Å²) < 4.78 is 10.2. The fourth-order valence-corrected chi connectivity index (χ4v) is 3.39. The van der Waals surface area contributed by atoms with E-state index in [0.717, 1.165) is 6.42 Å². The van der Waals surface area contributed by atoms with Crippen LogP contribution in [0.4, 0.5) is 4.79 Å². The summed E-state index contributed by atoms with van der Waals surface area (Å²) in [5, 5.41) is 0. The molecule has 2 amide bonds. The van der Waals surface area contributed by atoms with E-state index in [1.165, 1.54) is 12.0 Å². The molecule has 7 heteroatoms. The van der Waals surface area contributed by atoms with Crippen molar-refractivity contribution in [1.29, 1.82) is 0 Å². The largest absolute Gasteiger partial charge is 0.467 e. The Bertz CT molecular complexity index is 513. The summed E-state index contributed by atoms with van der Waals surface area (Å²) in [6, 6.07) is -0.645. The van der Waals surface area contributed by atoms with Gasteiger partial charge in [0, 0.05) is 13.1 Å². The lowest BCUT2D eigenvalue weighted by Crippen LogP contribution is -2.55. The van der Waals surface area contributed by atoms with Crippen molar-refractivity contribution < 1.29 is 23.9 Å². The van der Waals surface area contributed by atoms with Crippen molar-refractivity contribution in [3.63, 3.8) is 0 Å². The molecular formula is C16H26N2O5. The summed E-state index contributed by atoms with van der Waals surface area (Å²) in [6.07, 6.45) is 1.42. The van der Waals surface area contributed by atoms with Crippen molar-refractivity contribution in [2.75, 3.05) is 20.2 Å². The molecule has 0 unspecified atom stereocenters. The Hall–Kier alpha value is -1.79. The molecule has 0 aromatic carbocycles. The second kappa shape index (κ2) is 6.02. The Labute approximate surface area is 136 Å². The van der Waals surface area contributed by atoms with Crippen LogP contribution in [0.2, 0.25) is 0 Å². The van der Waals surface area contributed by atoms with E-state index in [1.54, 1.807) is 32.6 Å². The maximum absolute atomic E-state index is 12.9. The zero-order chi connectivity index (χ0) is 17.4. The predicted octanol–water partition coefficient (Wildman–Crippen LogP) is 1.55. The zero-order valence-corrected chi connectivity index (χ0v) is 14.5. The number of rotatable bonds is 2. The van der Waals surface area contributed by atoms with E-state index < -0.39 is 29.2 Å². The third-order valence-corrected chi connectivity index (χ3v) is 4.54. The number of carbonyl (C=O) groups excluding carboxylic acids is 3.